The van der Waals surface area contributed by atoms with Crippen LogP contribution in [0.1, 0.15) is 19.8 Å². The van der Waals surface area contributed by atoms with E-state index in [1.54, 1.807) is 0 Å². The highest BCUT2D eigenvalue weighted by Gasteiger charge is 2.33. The van der Waals surface area contributed by atoms with E-state index in [1.807, 2.05) is 16.7 Å². The third-order valence-corrected chi connectivity index (χ3v) is 3.49. The summed E-state index contributed by atoms with van der Waals surface area (Å²) in [6.45, 7) is 5.51. The molecule has 1 unspecified atom stereocenters. The highest BCUT2D eigenvalue weighted by molar-refractivity contribution is 5.79. The number of rotatable bonds is 4. The van der Waals surface area contributed by atoms with Crippen molar-refractivity contribution in [1.82, 2.24) is 15.1 Å². The number of nitriles is 1. The Morgan fingerprint density at radius 2 is 2.35 bits per heavy atom. The predicted molar refractivity (Wildman–Crippen MR) is 64.3 cm³/mol. The fourth-order valence-electron chi connectivity index (χ4n) is 2.35. The number of amides is 1. The van der Waals surface area contributed by atoms with Crippen LogP contribution in [-0.2, 0) is 4.79 Å². The van der Waals surface area contributed by atoms with Gasteiger partial charge in [-0.15, -0.1) is 0 Å². The first-order chi connectivity index (χ1) is 8.26. The van der Waals surface area contributed by atoms with Gasteiger partial charge in [0.05, 0.1) is 12.6 Å². The maximum absolute atomic E-state index is 12.1. The van der Waals surface area contributed by atoms with Gasteiger partial charge in [-0.2, -0.15) is 5.26 Å². The lowest BCUT2D eigenvalue weighted by atomic mass is 10.2. The fourth-order valence-corrected chi connectivity index (χ4v) is 2.35. The molecule has 1 heterocycles. The molecule has 1 amide bonds. The molecule has 0 spiro atoms. The first-order valence-electron chi connectivity index (χ1n) is 6.40. The van der Waals surface area contributed by atoms with Crippen molar-refractivity contribution < 1.29 is 4.79 Å². The number of hydrogen-bond donors (Lipinski definition) is 1. The smallest absolute Gasteiger partial charge is 0.237 e. The number of carbonyl (C=O) groups excluding carboxylic acids is 1. The predicted octanol–water partition coefficient (Wildman–Crippen LogP) is -0.205. The molecule has 1 aliphatic carbocycles. The van der Waals surface area contributed by atoms with Crippen molar-refractivity contribution in [2.45, 2.75) is 31.8 Å². The van der Waals surface area contributed by atoms with Crippen molar-refractivity contribution in [2.75, 3.05) is 32.7 Å². The van der Waals surface area contributed by atoms with Gasteiger partial charge in [-0.25, -0.2) is 0 Å². The van der Waals surface area contributed by atoms with Crippen LogP contribution in [-0.4, -0.2) is 60.5 Å². The minimum absolute atomic E-state index is 0.161. The zero-order valence-corrected chi connectivity index (χ0v) is 10.4. The third-order valence-electron chi connectivity index (χ3n) is 3.49. The molecule has 1 atom stereocenters. The van der Waals surface area contributed by atoms with Crippen molar-refractivity contribution in [3.05, 3.63) is 0 Å². The van der Waals surface area contributed by atoms with Gasteiger partial charge in [0.15, 0.2) is 0 Å². The molecule has 1 saturated heterocycles. The fraction of sp³-hybridized carbons (Fsp3) is 0.833. The Bertz CT molecular complexity index is 321. The Morgan fingerprint density at radius 1 is 1.59 bits per heavy atom. The molecule has 2 fully saturated rings. The quantitative estimate of drug-likeness (QED) is 0.734. The van der Waals surface area contributed by atoms with E-state index < -0.39 is 0 Å². The highest BCUT2D eigenvalue weighted by Crippen LogP contribution is 2.26. The summed E-state index contributed by atoms with van der Waals surface area (Å²) in [6.07, 6.45) is 2.28. The first kappa shape index (κ1) is 12.3. The summed E-state index contributed by atoms with van der Waals surface area (Å²) >= 11 is 0. The van der Waals surface area contributed by atoms with E-state index in [2.05, 4.69) is 11.4 Å². The lowest BCUT2D eigenvalue weighted by Crippen LogP contribution is -2.54. The van der Waals surface area contributed by atoms with Gasteiger partial charge in [0.2, 0.25) is 5.91 Å². The van der Waals surface area contributed by atoms with Crippen molar-refractivity contribution in [2.24, 2.45) is 0 Å². The van der Waals surface area contributed by atoms with Gasteiger partial charge in [-0.05, 0) is 19.8 Å². The molecule has 0 radical (unpaired) electrons. The minimum Gasteiger partial charge on any atom is -0.339 e. The molecular formula is C12H20N4O. The summed E-state index contributed by atoms with van der Waals surface area (Å²) in [5.41, 5.74) is 0. The summed E-state index contributed by atoms with van der Waals surface area (Å²) in [6, 6.07) is 2.56. The van der Waals surface area contributed by atoms with Crippen LogP contribution in [0.2, 0.25) is 0 Å². The third kappa shape index (κ3) is 2.96. The molecule has 1 N–H and O–H groups in total. The topological polar surface area (TPSA) is 59.4 Å². The minimum atomic E-state index is -0.161. The number of hydrogen-bond acceptors (Lipinski definition) is 4. The van der Waals surface area contributed by atoms with Crippen LogP contribution in [0.3, 0.4) is 0 Å². The Labute approximate surface area is 102 Å². The van der Waals surface area contributed by atoms with Crippen LogP contribution in [0, 0.1) is 11.3 Å². The van der Waals surface area contributed by atoms with Gasteiger partial charge in [0.1, 0.15) is 6.04 Å². The van der Waals surface area contributed by atoms with Gasteiger partial charge < -0.3 is 10.2 Å². The van der Waals surface area contributed by atoms with E-state index in [9.17, 15) is 4.79 Å². The second-order valence-electron chi connectivity index (χ2n) is 4.73. The molecular weight excluding hydrogens is 216 g/mol. The van der Waals surface area contributed by atoms with Gasteiger partial charge in [0.25, 0.3) is 0 Å². The normalized spacial score (nSPS) is 25.3. The summed E-state index contributed by atoms with van der Waals surface area (Å²) in [7, 11) is 0. The van der Waals surface area contributed by atoms with E-state index in [-0.39, 0.29) is 11.9 Å². The monoisotopic (exact) mass is 236 g/mol. The van der Waals surface area contributed by atoms with Crippen molar-refractivity contribution >= 4 is 5.91 Å². The van der Waals surface area contributed by atoms with Crippen LogP contribution in [0.25, 0.3) is 0 Å². The second-order valence-corrected chi connectivity index (χ2v) is 4.73. The molecule has 1 saturated carbocycles. The zero-order chi connectivity index (χ0) is 12.3. The zero-order valence-electron chi connectivity index (χ0n) is 10.4. The van der Waals surface area contributed by atoms with Crippen molar-refractivity contribution in [1.29, 1.82) is 5.26 Å². The summed E-state index contributed by atoms with van der Waals surface area (Å²) < 4.78 is 0. The number of carbonyl (C=O) groups is 1. The van der Waals surface area contributed by atoms with Crippen molar-refractivity contribution in [3.63, 3.8) is 0 Å². The maximum Gasteiger partial charge on any atom is 0.237 e. The number of piperazine rings is 1. The number of nitrogens with one attached hydrogen (secondary N) is 1. The molecule has 0 aromatic carbocycles. The number of likely N-dealkylation sites (N-methyl/N-ethyl adjacent to an activating group) is 1. The van der Waals surface area contributed by atoms with Gasteiger partial charge >= 0.3 is 0 Å². The largest absolute Gasteiger partial charge is 0.339 e. The van der Waals surface area contributed by atoms with Crippen molar-refractivity contribution in [3.8, 4) is 6.07 Å². The van der Waals surface area contributed by atoms with Gasteiger partial charge in [-0.1, -0.05) is 0 Å². The van der Waals surface area contributed by atoms with E-state index >= 15 is 0 Å². The summed E-state index contributed by atoms with van der Waals surface area (Å²) in [4.78, 5) is 16.1. The molecule has 0 aromatic rings. The SMILES string of the molecule is CCN(C(=O)CN1CCNCC1C#N)C1CC1. The van der Waals surface area contributed by atoms with Crippen LogP contribution < -0.4 is 5.32 Å². The molecule has 1 aliphatic heterocycles. The summed E-state index contributed by atoms with van der Waals surface area (Å²) in [5, 5.41) is 12.2. The Kier molecular flexibility index (Phi) is 3.97. The van der Waals surface area contributed by atoms with Crippen LogP contribution in [0.15, 0.2) is 0 Å². The lowest BCUT2D eigenvalue weighted by Gasteiger charge is -2.33. The Morgan fingerprint density at radius 3 is 2.94 bits per heavy atom. The van der Waals surface area contributed by atoms with E-state index in [0.29, 0.717) is 19.1 Å². The molecule has 5 nitrogen and oxygen atoms in total. The summed E-state index contributed by atoms with van der Waals surface area (Å²) in [5.74, 6) is 0.178. The highest BCUT2D eigenvalue weighted by atomic mass is 16.2. The van der Waals surface area contributed by atoms with E-state index in [1.165, 1.54) is 0 Å². The maximum atomic E-state index is 12.1. The number of nitrogens with zero attached hydrogens (tertiary/aromatic N) is 3. The molecule has 2 aliphatic rings. The Balaban J connectivity index is 1.90. The molecule has 0 aromatic heterocycles. The lowest BCUT2D eigenvalue weighted by molar-refractivity contribution is -0.133. The molecule has 94 valence electrons. The first-order valence-corrected chi connectivity index (χ1v) is 6.40. The van der Waals surface area contributed by atoms with Crippen LogP contribution in [0.5, 0.6) is 0 Å². The second kappa shape index (κ2) is 5.48. The Hall–Kier alpha value is -1.12. The molecule has 0 bridgehead atoms. The molecule has 2 rings (SSSR count). The average molecular weight is 236 g/mol. The molecule has 5 heteroatoms. The van der Waals surface area contributed by atoms with Gasteiger partial charge in [-0.3, -0.25) is 9.69 Å². The van der Waals surface area contributed by atoms with E-state index in [4.69, 9.17) is 5.26 Å². The standard InChI is InChI=1S/C12H20N4O/c1-2-16(10-3-4-10)12(17)9-15-6-5-14-8-11(15)7-13/h10-11,14H,2-6,8-9H2,1H3. The van der Waals surface area contributed by atoms with Crippen LogP contribution >= 0.6 is 0 Å². The van der Waals surface area contributed by atoms with Crippen LogP contribution in [0.4, 0.5) is 0 Å². The van der Waals surface area contributed by atoms with Gasteiger partial charge in [0, 0.05) is 32.2 Å². The molecule has 17 heavy (non-hydrogen) atoms. The van der Waals surface area contributed by atoms with E-state index in [0.717, 1.165) is 32.5 Å². The average Bonchev–Trinajstić information content (AvgIpc) is 3.15.